The molecule has 5 nitrogen and oxygen atoms in total. The van der Waals surface area contributed by atoms with Crippen molar-refractivity contribution < 1.29 is 9.18 Å². The number of nitrogens with one attached hydrogen (secondary N) is 2. The highest BCUT2D eigenvalue weighted by Crippen LogP contribution is 2.20. The van der Waals surface area contributed by atoms with Gasteiger partial charge < -0.3 is 10.6 Å². The van der Waals surface area contributed by atoms with Crippen LogP contribution in [0.4, 0.5) is 15.9 Å². The summed E-state index contributed by atoms with van der Waals surface area (Å²) in [5.41, 5.74) is 0.612. The maximum absolute atomic E-state index is 13.8. The van der Waals surface area contributed by atoms with Crippen molar-refractivity contribution in [3.8, 4) is 0 Å². The predicted octanol–water partition coefficient (Wildman–Crippen LogP) is 3.73. The van der Waals surface area contributed by atoms with Crippen molar-refractivity contribution in [3.05, 3.63) is 47.7 Å². The van der Waals surface area contributed by atoms with Crippen molar-refractivity contribution in [1.82, 2.24) is 15.3 Å². The molecule has 0 unspecified atom stereocenters. The Morgan fingerprint density at radius 1 is 1.17 bits per heavy atom. The fourth-order valence-electron chi connectivity index (χ4n) is 2.95. The molecule has 1 aromatic carbocycles. The molecule has 0 atom stereocenters. The summed E-state index contributed by atoms with van der Waals surface area (Å²) in [6, 6.07) is 8.11. The first-order valence-corrected chi connectivity index (χ1v) is 8.30. The van der Waals surface area contributed by atoms with E-state index in [0.717, 1.165) is 25.7 Å². The number of carbonyl (C=O) groups is 1. The molecule has 0 radical (unpaired) electrons. The van der Waals surface area contributed by atoms with E-state index in [0.29, 0.717) is 23.0 Å². The van der Waals surface area contributed by atoms with Crippen LogP contribution < -0.4 is 10.6 Å². The van der Waals surface area contributed by atoms with E-state index in [4.69, 9.17) is 0 Å². The molecule has 3 rings (SSSR count). The van der Waals surface area contributed by atoms with E-state index in [1.54, 1.807) is 31.2 Å². The van der Waals surface area contributed by atoms with Crippen LogP contribution in [0.1, 0.15) is 48.4 Å². The number of aryl methyl sites for hydroxylation is 1. The Balaban J connectivity index is 1.75. The number of benzene rings is 1. The Bertz CT molecular complexity index is 729. The molecule has 1 heterocycles. The molecule has 2 aromatic rings. The van der Waals surface area contributed by atoms with Crippen LogP contribution in [-0.2, 0) is 0 Å². The minimum atomic E-state index is -0.373. The molecule has 0 spiro atoms. The minimum Gasteiger partial charge on any atom is -0.348 e. The second kappa shape index (κ2) is 7.38. The van der Waals surface area contributed by atoms with Gasteiger partial charge in [0.1, 0.15) is 23.2 Å². The number of hydrogen-bond donors (Lipinski definition) is 2. The first-order chi connectivity index (χ1) is 11.6. The van der Waals surface area contributed by atoms with Crippen molar-refractivity contribution >= 4 is 17.4 Å². The van der Waals surface area contributed by atoms with E-state index in [-0.39, 0.29) is 17.8 Å². The van der Waals surface area contributed by atoms with Crippen molar-refractivity contribution in [1.29, 1.82) is 0 Å². The molecule has 1 aliphatic rings. The smallest absolute Gasteiger partial charge is 0.270 e. The fourth-order valence-corrected chi connectivity index (χ4v) is 2.95. The molecule has 6 heteroatoms. The molecule has 24 heavy (non-hydrogen) atoms. The molecule has 0 aliphatic heterocycles. The quantitative estimate of drug-likeness (QED) is 0.897. The summed E-state index contributed by atoms with van der Waals surface area (Å²) in [5, 5.41) is 5.94. The standard InChI is InChI=1S/C18H21FN4O/c1-12-20-16(18(24)22-13-7-3-2-4-8-13)11-17(21-12)23-15-10-6-5-9-14(15)19/h5-6,9-11,13H,2-4,7-8H2,1H3,(H,22,24)(H,20,21,23). The number of para-hydroxylation sites is 1. The molecular formula is C18H21FN4O. The third kappa shape index (κ3) is 4.07. The maximum Gasteiger partial charge on any atom is 0.270 e. The van der Waals surface area contributed by atoms with Crippen molar-refractivity contribution in [2.24, 2.45) is 0 Å². The summed E-state index contributed by atoms with van der Waals surface area (Å²) in [5.74, 6) is 0.289. The number of amides is 1. The third-order valence-electron chi connectivity index (χ3n) is 4.15. The Kier molecular flexibility index (Phi) is 5.03. The Morgan fingerprint density at radius 2 is 1.92 bits per heavy atom. The number of hydrogen-bond acceptors (Lipinski definition) is 4. The zero-order valence-electron chi connectivity index (χ0n) is 13.7. The van der Waals surface area contributed by atoms with Crippen LogP contribution in [0.3, 0.4) is 0 Å². The fraction of sp³-hybridized carbons (Fsp3) is 0.389. The molecule has 1 aliphatic carbocycles. The van der Waals surface area contributed by atoms with Gasteiger partial charge in [-0.3, -0.25) is 4.79 Å². The van der Waals surface area contributed by atoms with Crippen LogP contribution in [0.15, 0.2) is 30.3 Å². The average molecular weight is 328 g/mol. The average Bonchev–Trinajstić information content (AvgIpc) is 2.57. The first-order valence-electron chi connectivity index (χ1n) is 8.30. The van der Waals surface area contributed by atoms with Gasteiger partial charge in [0.05, 0.1) is 5.69 Å². The van der Waals surface area contributed by atoms with E-state index < -0.39 is 0 Å². The zero-order valence-corrected chi connectivity index (χ0v) is 13.7. The molecule has 1 fully saturated rings. The van der Waals surface area contributed by atoms with Crippen LogP contribution in [-0.4, -0.2) is 21.9 Å². The van der Waals surface area contributed by atoms with E-state index >= 15 is 0 Å². The topological polar surface area (TPSA) is 66.9 Å². The van der Waals surface area contributed by atoms with E-state index in [2.05, 4.69) is 20.6 Å². The SMILES string of the molecule is Cc1nc(Nc2ccccc2F)cc(C(=O)NC2CCCCC2)n1. The molecule has 0 bridgehead atoms. The molecule has 1 saturated carbocycles. The highest BCUT2D eigenvalue weighted by molar-refractivity contribution is 5.93. The zero-order chi connectivity index (χ0) is 16.9. The minimum absolute atomic E-state index is 0.205. The number of aromatic nitrogens is 2. The second-order valence-electron chi connectivity index (χ2n) is 6.10. The predicted molar refractivity (Wildman–Crippen MR) is 90.8 cm³/mol. The molecule has 1 amide bonds. The number of anilines is 2. The van der Waals surface area contributed by atoms with Crippen LogP contribution >= 0.6 is 0 Å². The van der Waals surface area contributed by atoms with Gasteiger partial charge in [0.15, 0.2) is 0 Å². The van der Waals surface area contributed by atoms with Crippen molar-refractivity contribution in [2.75, 3.05) is 5.32 Å². The molecule has 126 valence electrons. The first kappa shape index (κ1) is 16.4. The van der Waals surface area contributed by atoms with Gasteiger partial charge in [-0.1, -0.05) is 31.4 Å². The van der Waals surface area contributed by atoms with Crippen molar-refractivity contribution in [2.45, 2.75) is 45.1 Å². The van der Waals surface area contributed by atoms with Crippen LogP contribution in [0.2, 0.25) is 0 Å². The maximum atomic E-state index is 13.8. The Labute approximate surface area is 140 Å². The summed E-state index contributed by atoms with van der Waals surface area (Å²) in [4.78, 5) is 20.9. The lowest BCUT2D eigenvalue weighted by atomic mass is 9.95. The van der Waals surface area contributed by atoms with Gasteiger partial charge in [-0.05, 0) is 31.9 Å². The van der Waals surface area contributed by atoms with Gasteiger partial charge in [-0.2, -0.15) is 0 Å². The largest absolute Gasteiger partial charge is 0.348 e. The number of carbonyl (C=O) groups excluding carboxylic acids is 1. The normalized spacial score (nSPS) is 15.1. The lowest BCUT2D eigenvalue weighted by molar-refractivity contribution is 0.0922. The lowest BCUT2D eigenvalue weighted by Crippen LogP contribution is -2.36. The van der Waals surface area contributed by atoms with Crippen LogP contribution in [0.25, 0.3) is 0 Å². The molecule has 0 saturated heterocycles. The van der Waals surface area contributed by atoms with E-state index in [1.807, 2.05) is 0 Å². The lowest BCUT2D eigenvalue weighted by Gasteiger charge is -2.22. The van der Waals surface area contributed by atoms with Crippen LogP contribution in [0.5, 0.6) is 0 Å². The second-order valence-corrected chi connectivity index (χ2v) is 6.10. The van der Waals surface area contributed by atoms with Gasteiger partial charge in [0, 0.05) is 12.1 Å². The number of nitrogens with zero attached hydrogens (tertiary/aromatic N) is 2. The monoisotopic (exact) mass is 328 g/mol. The number of rotatable bonds is 4. The van der Waals surface area contributed by atoms with Gasteiger partial charge in [-0.15, -0.1) is 0 Å². The summed E-state index contributed by atoms with van der Waals surface area (Å²) >= 11 is 0. The van der Waals surface area contributed by atoms with Crippen LogP contribution in [0, 0.1) is 12.7 Å². The van der Waals surface area contributed by atoms with Gasteiger partial charge in [-0.25, -0.2) is 14.4 Å². The van der Waals surface area contributed by atoms with Gasteiger partial charge >= 0.3 is 0 Å². The van der Waals surface area contributed by atoms with Gasteiger partial charge in [0.25, 0.3) is 5.91 Å². The summed E-state index contributed by atoms with van der Waals surface area (Å²) in [6.45, 7) is 1.71. The molecule has 2 N–H and O–H groups in total. The Morgan fingerprint density at radius 3 is 2.67 bits per heavy atom. The van der Waals surface area contributed by atoms with Gasteiger partial charge in [0.2, 0.25) is 0 Å². The highest BCUT2D eigenvalue weighted by Gasteiger charge is 2.18. The number of halogens is 1. The third-order valence-corrected chi connectivity index (χ3v) is 4.15. The summed E-state index contributed by atoms with van der Waals surface area (Å²) in [6.07, 6.45) is 5.55. The Hall–Kier alpha value is -2.50. The highest BCUT2D eigenvalue weighted by atomic mass is 19.1. The van der Waals surface area contributed by atoms with E-state index in [9.17, 15) is 9.18 Å². The van der Waals surface area contributed by atoms with Crippen molar-refractivity contribution in [3.63, 3.8) is 0 Å². The van der Waals surface area contributed by atoms with E-state index in [1.165, 1.54) is 12.5 Å². The summed E-state index contributed by atoms with van der Waals surface area (Å²) in [7, 11) is 0. The molecule has 1 aromatic heterocycles. The summed E-state index contributed by atoms with van der Waals surface area (Å²) < 4.78 is 13.8. The molecular weight excluding hydrogens is 307 g/mol.